The lowest BCUT2D eigenvalue weighted by atomic mass is 10.1. The van der Waals surface area contributed by atoms with Crippen molar-refractivity contribution < 1.29 is 4.74 Å². The zero-order valence-corrected chi connectivity index (χ0v) is 12.6. The molecule has 0 radical (unpaired) electrons. The van der Waals surface area contributed by atoms with E-state index in [9.17, 15) is 0 Å². The van der Waals surface area contributed by atoms with E-state index in [2.05, 4.69) is 31.0 Å². The quantitative estimate of drug-likeness (QED) is 0.752. The highest BCUT2D eigenvalue weighted by Crippen LogP contribution is 2.28. The zero-order chi connectivity index (χ0) is 15.6. The van der Waals surface area contributed by atoms with Crippen LogP contribution in [0.1, 0.15) is 0 Å². The SMILES string of the molecule is Nc1nccc(-c2cn(CC3CNCCO3)c3ncccc23)n1. The number of aromatic nitrogens is 4. The molecule has 23 heavy (non-hydrogen) atoms. The second kappa shape index (κ2) is 5.94. The largest absolute Gasteiger partial charge is 0.374 e. The van der Waals surface area contributed by atoms with Crippen LogP contribution in [0.5, 0.6) is 0 Å². The van der Waals surface area contributed by atoms with E-state index in [1.165, 1.54) is 0 Å². The maximum atomic E-state index is 5.81. The number of nitrogen functional groups attached to an aromatic ring is 1. The van der Waals surface area contributed by atoms with Gasteiger partial charge in [0.15, 0.2) is 0 Å². The Labute approximate surface area is 133 Å². The maximum Gasteiger partial charge on any atom is 0.220 e. The molecule has 118 valence electrons. The van der Waals surface area contributed by atoms with Gasteiger partial charge in [-0.25, -0.2) is 15.0 Å². The highest BCUT2D eigenvalue weighted by molar-refractivity contribution is 5.93. The van der Waals surface area contributed by atoms with E-state index in [0.29, 0.717) is 0 Å². The molecule has 1 fully saturated rings. The first-order valence-corrected chi connectivity index (χ1v) is 7.66. The van der Waals surface area contributed by atoms with E-state index < -0.39 is 0 Å². The van der Waals surface area contributed by atoms with Gasteiger partial charge in [0.05, 0.1) is 24.9 Å². The number of ether oxygens (including phenoxy) is 1. The molecule has 1 unspecified atom stereocenters. The van der Waals surface area contributed by atoms with Gasteiger partial charge >= 0.3 is 0 Å². The zero-order valence-electron chi connectivity index (χ0n) is 12.6. The minimum Gasteiger partial charge on any atom is -0.374 e. The maximum absolute atomic E-state index is 5.81. The fourth-order valence-electron chi connectivity index (χ4n) is 2.95. The molecule has 0 aliphatic carbocycles. The van der Waals surface area contributed by atoms with Crippen LogP contribution in [0, 0.1) is 0 Å². The number of hydrogen-bond acceptors (Lipinski definition) is 6. The molecular weight excluding hydrogens is 292 g/mol. The van der Waals surface area contributed by atoms with Crippen LogP contribution in [0.25, 0.3) is 22.3 Å². The van der Waals surface area contributed by atoms with Crippen LogP contribution in [0.4, 0.5) is 5.95 Å². The van der Waals surface area contributed by atoms with Gasteiger partial charge < -0.3 is 20.4 Å². The average Bonchev–Trinajstić information content (AvgIpc) is 2.95. The molecule has 4 heterocycles. The van der Waals surface area contributed by atoms with Crippen molar-refractivity contribution >= 4 is 17.0 Å². The van der Waals surface area contributed by atoms with E-state index in [1.54, 1.807) is 12.4 Å². The smallest absolute Gasteiger partial charge is 0.220 e. The van der Waals surface area contributed by atoms with E-state index in [4.69, 9.17) is 10.5 Å². The molecule has 7 heteroatoms. The Hall–Kier alpha value is -2.51. The van der Waals surface area contributed by atoms with Crippen molar-refractivity contribution in [2.45, 2.75) is 12.6 Å². The Balaban J connectivity index is 1.76. The molecule has 0 saturated carbocycles. The minimum absolute atomic E-state index is 0.143. The number of nitrogens with zero attached hydrogens (tertiary/aromatic N) is 4. The van der Waals surface area contributed by atoms with Gasteiger partial charge in [-0.05, 0) is 18.2 Å². The van der Waals surface area contributed by atoms with E-state index in [1.807, 2.05) is 18.2 Å². The molecule has 0 spiro atoms. The third-order valence-corrected chi connectivity index (χ3v) is 3.99. The van der Waals surface area contributed by atoms with Crippen molar-refractivity contribution in [3.63, 3.8) is 0 Å². The number of pyridine rings is 1. The van der Waals surface area contributed by atoms with Crippen molar-refractivity contribution in [2.24, 2.45) is 0 Å². The number of morpholine rings is 1. The third kappa shape index (κ3) is 2.76. The summed E-state index contributed by atoms with van der Waals surface area (Å²) in [6.07, 6.45) is 5.68. The number of anilines is 1. The van der Waals surface area contributed by atoms with Gasteiger partial charge in [-0.3, -0.25) is 0 Å². The van der Waals surface area contributed by atoms with Crippen molar-refractivity contribution in [3.05, 3.63) is 36.8 Å². The molecule has 0 bridgehead atoms. The number of hydrogen-bond donors (Lipinski definition) is 2. The molecule has 1 saturated heterocycles. The normalized spacial score (nSPS) is 18.3. The molecule has 0 amide bonds. The fraction of sp³-hybridized carbons (Fsp3) is 0.312. The van der Waals surface area contributed by atoms with Gasteiger partial charge in [0, 0.05) is 42.6 Å². The average molecular weight is 310 g/mol. The molecule has 0 aromatic carbocycles. The summed E-state index contributed by atoms with van der Waals surface area (Å²) in [7, 11) is 0. The van der Waals surface area contributed by atoms with Crippen molar-refractivity contribution in [1.82, 2.24) is 24.8 Å². The lowest BCUT2D eigenvalue weighted by molar-refractivity contribution is 0.0189. The van der Waals surface area contributed by atoms with Crippen LogP contribution in [0.3, 0.4) is 0 Å². The first kappa shape index (κ1) is 14.1. The monoisotopic (exact) mass is 310 g/mol. The van der Waals surface area contributed by atoms with Crippen LogP contribution >= 0.6 is 0 Å². The number of rotatable bonds is 3. The molecule has 3 aromatic heterocycles. The summed E-state index contributed by atoms with van der Waals surface area (Å²) in [6, 6.07) is 5.84. The summed E-state index contributed by atoms with van der Waals surface area (Å²) in [5, 5.41) is 4.40. The standard InChI is InChI=1S/C16H18N6O/c17-16-20-5-3-14(21-16)13-10-22(9-11-8-18-6-7-23-11)15-12(13)2-1-4-19-15/h1-5,10-11,18H,6-9H2,(H2,17,20,21). The highest BCUT2D eigenvalue weighted by atomic mass is 16.5. The summed E-state index contributed by atoms with van der Waals surface area (Å²) < 4.78 is 7.93. The fourth-order valence-corrected chi connectivity index (χ4v) is 2.95. The number of nitrogens with one attached hydrogen (secondary N) is 1. The van der Waals surface area contributed by atoms with Crippen molar-refractivity contribution in [1.29, 1.82) is 0 Å². The van der Waals surface area contributed by atoms with Crippen LogP contribution in [-0.4, -0.2) is 45.3 Å². The number of nitrogens with two attached hydrogens (primary N) is 1. The third-order valence-electron chi connectivity index (χ3n) is 3.99. The molecule has 4 rings (SSSR count). The summed E-state index contributed by atoms with van der Waals surface area (Å²) in [6.45, 7) is 3.25. The Morgan fingerprint density at radius 3 is 3.09 bits per heavy atom. The predicted molar refractivity (Wildman–Crippen MR) is 87.8 cm³/mol. The Kier molecular flexibility index (Phi) is 3.64. The summed E-state index contributed by atoms with van der Waals surface area (Å²) >= 11 is 0. The molecule has 1 aliphatic rings. The second-order valence-corrected chi connectivity index (χ2v) is 5.57. The molecule has 1 atom stereocenters. The molecule has 1 aliphatic heterocycles. The summed E-state index contributed by atoms with van der Waals surface area (Å²) in [5.41, 5.74) is 8.46. The Morgan fingerprint density at radius 1 is 1.30 bits per heavy atom. The van der Waals surface area contributed by atoms with Crippen LogP contribution < -0.4 is 11.1 Å². The highest BCUT2D eigenvalue weighted by Gasteiger charge is 2.18. The molecule has 3 N–H and O–H groups in total. The topological polar surface area (TPSA) is 90.9 Å². The second-order valence-electron chi connectivity index (χ2n) is 5.57. The first-order chi connectivity index (χ1) is 11.3. The van der Waals surface area contributed by atoms with Gasteiger partial charge in [-0.15, -0.1) is 0 Å². The first-order valence-electron chi connectivity index (χ1n) is 7.66. The lowest BCUT2D eigenvalue weighted by Crippen LogP contribution is -2.40. The van der Waals surface area contributed by atoms with Gasteiger partial charge in [0.1, 0.15) is 5.65 Å². The van der Waals surface area contributed by atoms with Crippen molar-refractivity contribution in [2.75, 3.05) is 25.4 Å². The lowest BCUT2D eigenvalue weighted by Gasteiger charge is -2.24. The van der Waals surface area contributed by atoms with Gasteiger partial charge in [0.2, 0.25) is 5.95 Å². The van der Waals surface area contributed by atoms with Gasteiger partial charge in [-0.1, -0.05) is 0 Å². The molecular formula is C16H18N6O. The van der Waals surface area contributed by atoms with Crippen molar-refractivity contribution in [3.8, 4) is 11.3 Å². The van der Waals surface area contributed by atoms with E-state index >= 15 is 0 Å². The van der Waals surface area contributed by atoms with Gasteiger partial charge in [-0.2, -0.15) is 0 Å². The van der Waals surface area contributed by atoms with E-state index in [0.717, 1.165) is 48.5 Å². The Morgan fingerprint density at radius 2 is 2.26 bits per heavy atom. The predicted octanol–water partition coefficient (Wildman–Crippen LogP) is 1.06. The van der Waals surface area contributed by atoms with Crippen LogP contribution in [0.2, 0.25) is 0 Å². The minimum atomic E-state index is 0.143. The van der Waals surface area contributed by atoms with Gasteiger partial charge in [0.25, 0.3) is 0 Å². The molecule has 3 aromatic rings. The van der Waals surface area contributed by atoms with E-state index in [-0.39, 0.29) is 12.1 Å². The summed E-state index contributed by atoms with van der Waals surface area (Å²) in [4.78, 5) is 12.8. The summed E-state index contributed by atoms with van der Waals surface area (Å²) in [5.74, 6) is 0.270. The molecule has 7 nitrogen and oxygen atoms in total. The van der Waals surface area contributed by atoms with Crippen LogP contribution in [0.15, 0.2) is 36.8 Å². The number of fused-ring (bicyclic) bond motifs is 1. The van der Waals surface area contributed by atoms with Crippen LogP contribution in [-0.2, 0) is 11.3 Å². The Bertz CT molecular complexity index is 824.